The van der Waals surface area contributed by atoms with Crippen LogP contribution in [0.15, 0.2) is 17.1 Å². The summed E-state index contributed by atoms with van der Waals surface area (Å²) in [5.74, 6) is -2.13. The second-order valence-corrected chi connectivity index (χ2v) is 2.52. The molecule has 0 atom stereocenters. The van der Waals surface area contributed by atoms with Crippen LogP contribution in [0.25, 0.3) is 0 Å². The summed E-state index contributed by atoms with van der Waals surface area (Å²) in [5.41, 5.74) is 0.147. The summed E-state index contributed by atoms with van der Waals surface area (Å²) in [6.45, 7) is 0. The summed E-state index contributed by atoms with van der Waals surface area (Å²) in [6, 6.07) is 2.06. The number of rotatable bonds is 1. The maximum atomic E-state index is 12.6. The van der Waals surface area contributed by atoms with Crippen LogP contribution >= 0.6 is 23.8 Å². The zero-order valence-electron chi connectivity index (χ0n) is 5.64. The molecule has 0 N–H and O–H groups in total. The minimum Gasteiger partial charge on any atom is -0.204 e. The van der Waals surface area contributed by atoms with E-state index in [9.17, 15) is 8.78 Å². The predicted octanol–water partition coefficient (Wildman–Crippen LogP) is 3.35. The van der Waals surface area contributed by atoms with Gasteiger partial charge in [0.2, 0.25) is 0 Å². The summed E-state index contributed by atoms with van der Waals surface area (Å²) in [6.07, 6.45) is 0. The smallest absolute Gasteiger partial charge is 0.177 e. The summed E-state index contributed by atoms with van der Waals surface area (Å²) >= 11 is 9.60. The number of hydrogen-bond acceptors (Lipinski definition) is 2. The molecule has 0 saturated carbocycles. The lowest BCUT2D eigenvalue weighted by molar-refractivity contribution is 0.509. The molecule has 0 spiro atoms. The summed E-state index contributed by atoms with van der Waals surface area (Å²) in [5, 5.41) is 1.70. The molecule has 0 aliphatic carbocycles. The Morgan fingerprint density at radius 3 is 2.58 bits per heavy atom. The molecule has 0 unspecified atom stereocenters. The van der Waals surface area contributed by atoms with Crippen LogP contribution in [0.2, 0.25) is 5.02 Å². The molecule has 0 radical (unpaired) electrons. The summed E-state index contributed by atoms with van der Waals surface area (Å²) in [7, 11) is 0. The highest BCUT2D eigenvalue weighted by Gasteiger charge is 2.07. The molecule has 0 bridgehead atoms. The Hall–Kier alpha value is -0.830. The molecule has 0 heterocycles. The van der Waals surface area contributed by atoms with Gasteiger partial charge in [0.25, 0.3) is 0 Å². The van der Waals surface area contributed by atoms with Gasteiger partial charge in [0, 0.05) is 6.07 Å². The molecule has 0 amide bonds. The van der Waals surface area contributed by atoms with Gasteiger partial charge < -0.3 is 0 Å². The van der Waals surface area contributed by atoms with Crippen molar-refractivity contribution < 1.29 is 8.78 Å². The normalized spacial score (nSPS) is 9.25. The van der Waals surface area contributed by atoms with E-state index in [0.29, 0.717) is 0 Å². The van der Waals surface area contributed by atoms with E-state index in [-0.39, 0.29) is 10.7 Å². The number of isothiocyanates is 1. The minimum atomic E-state index is -1.08. The number of aliphatic imine (C=N–C) groups is 1. The van der Waals surface area contributed by atoms with Crippen LogP contribution in [-0.2, 0) is 0 Å². The quantitative estimate of drug-likeness (QED) is 0.389. The van der Waals surface area contributed by atoms with Gasteiger partial charge >= 0.3 is 0 Å². The topological polar surface area (TPSA) is 12.4 Å². The number of benzene rings is 1. The average Bonchev–Trinajstić information content (AvgIpc) is 2.01. The molecule has 1 aromatic carbocycles. The van der Waals surface area contributed by atoms with Crippen molar-refractivity contribution >= 4 is 34.7 Å². The molecule has 5 heteroatoms. The Kier molecular flexibility index (Phi) is 2.87. The van der Waals surface area contributed by atoms with Gasteiger partial charge in [0.05, 0.1) is 15.9 Å². The van der Waals surface area contributed by atoms with E-state index in [1.165, 1.54) is 6.07 Å². The van der Waals surface area contributed by atoms with Crippen LogP contribution in [0.3, 0.4) is 0 Å². The van der Waals surface area contributed by atoms with E-state index in [2.05, 4.69) is 17.2 Å². The Bertz CT molecular complexity index is 337. The fourth-order valence-corrected chi connectivity index (χ4v) is 0.967. The molecule has 0 saturated heterocycles. The van der Waals surface area contributed by atoms with Gasteiger partial charge in [-0.15, -0.1) is 0 Å². The standard InChI is InChI=1S/C7H2ClF2NS/c8-5-1-4(11-3-12)2-6(9)7(5)10/h1-2H. The van der Waals surface area contributed by atoms with Crippen molar-refractivity contribution in [2.24, 2.45) is 4.99 Å². The van der Waals surface area contributed by atoms with E-state index in [0.717, 1.165) is 6.07 Å². The fourth-order valence-electron chi connectivity index (χ4n) is 0.659. The first-order valence-corrected chi connectivity index (χ1v) is 3.66. The molecule has 12 heavy (non-hydrogen) atoms. The average molecular weight is 206 g/mol. The molecule has 1 nitrogen and oxygen atoms in total. The van der Waals surface area contributed by atoms with Gasteiger partial charge in [0.1, 0.15) is 0 Å². The Morgan fingerprint density at radius 1 is 1.42 bits per heavy atom. The maximum absolute atomic E-state index is 12.6. The van der Waals surface area contributed by atoms with Crippen molar-refractivity contribution in [3.63, 3.8) is 0 Å². The third kappa shape index (κ3) is 1.85. The molecule has 1 aromatic rings. The first kappa shape index (κ1) is 9.26. The van der Waals surface area contributed by atoms with Crippen molar-refractivity contribution in [3.8, 4) is 0 Å². The highest BCUT2D eigenvalue weighted by Crippen LogP contribution is 2.24. The molecule has 0 aliphatic heterocycles. The number of thiocarbonyl (C=S) groups is 1. The zero-order chi connectivity index (χ0) is 9.14. The van der Waals surface area contributed by atoms with E-state index in [1.54, 1.807) is 0 Å². The molecule has 0 fully saturated rings. The number of nitrogens with zero attached hydrogens (tertiary/aromatic N) is 1. The lowest BCUT2D eigenvalue weighted by Crippen LogP contribution is -1.83. The number of halogens is 3. The van der Waals surface area contributed by atoms with Crippen molar-refractivity contribution in [2.75, 3.05) is 0 Å². The molecule has 1 rings (SSSR count). The Labute approximate surface area is 77.7 Å². The maximum Gasteiger partial charge on any atom is 0.177 e. The molecule has 62 valence electrons. The van der Waals surface area contributed by atoms with Gasteiger partial charge in [-0.2, -0.15) is 4.99 Å². The van der Waals surface area contributed by atoms with E-state index < -0.39 is 11.6 Å². The van der Waals surface area contributed by atoms with E-state index in [4.69, 9.17) is 11.6 Å². The zero-order valence-corrected chi connectivity index (χ0v) is 7.22. The Morgan fingerprint density at radius 2 is 2.08 bits per heavy atom. The third-order valence-corrected chi connectivity index (χ3v) is 1.51. The van der Waals surface area contributed by atoms with Crippen molar-refractivity contribution in [3.05, 3.63) is 28.8 Å². The van der Waals surface area contributed by atoms with Gasteiger partial charge in [0.15, 0.2) is 11.6 Å². The predicted molar refractivity (Wildman–Crippen MR) is 46.1 cm³/mol. The Balaban J connectivity index is 3.30. The molecule has 0 aromatic heterocycles. The van der Waals surface area contributed by atoms with E-state index in [1.807, 2.05) is 5.16 Å². The molecule has 0 aliphatic rings. The molecular formula is C7H2ClF2NS. The second-order valence-electron chi connectivity index (χ2n) is 1.93. The van der Waals surface area contributed by atoms with Crippen molar-refractivity contribution in [1.29, 1.82) is 0 Å². The number of hydrogen-bond donors (Lipinski definition) is 0. The first-order valence-electron chi connectivity index (χ1n) is 2.87. The third-order valence-electron chi connectivity index (χ3n) is 1.14. The second kappa shape index (κ2) is 3.72. The highest BCUT2D eigenvalue weighted by molar-refractivity contribution is 7.78. The fraction of sp³-hybridized carbons (Fsp3) is 0. The minimum absolute atomic E-state index is 0.147. The van der Waals surface area contributed by atoms with Crippen LogP contribution in [0, 0.1) is 11.6 Å². The van der Waals surface area contributed by atoms with E-state index >= 15 is 0 Å². The lowest BCUT2D eigenvalue weighted by atomic mass is 10.3. The van der Waals surface area contributed by atoms with Crippen LogP contribution < -0.4 is 0 Å². The largest absolute Gasteiger partial charge is 0.204 e. The summed E-state index contributed by atoms with van der Waals surface area (Å²) < 4.78 is 25.1. The van der Waals surface area contributed by atoms with Crippen LogP contribution in [-0.4, -0.2) is 5.16 Å². The monoisotopic (exact) mass is 205 g/mol. The molecular weight excluding hydrogens is 204 g/mol. The van der Waals surface area contributed by atoms with Crippen molar-refractivity contribution in [1.82, 2.24) is 0 Å². The summed E-state index contributed by atoms with van der Waals surface area (Å²) in [4.78, 5) is 3.44. The van der Waals surface area contributed by atoms with Crippen molar-refractivity contribution in [2.45, 2.75) is 0 Å². The first-order chi connectivity index (χ1) is 5.65. The highest BCUT2D eigenvalue weighted by atomic mass is 35.5. The van der Waals surface area contributed by atoms with Crippen LogP contribution in [0.4, 0.5) is 14.5 Å². The van der Waals surface area contributed by atoms with Gasteiger partial charge in [-0.05, 0) is 18.3 Å². The van der Waals surface area contributed by atoms with Gasteiger partial charge in [-0.3, -0.25) is 0 Å². The van der Waals surface area contributed by atoms with Gasteiger partial charge in [-0.1, -0.05) is 11.6 Å². The lowest BCUT2D eigenvalue weighted by Gasteiger charge is -1.96. The van der Waals surface area contributed by atoms with Gasteiger partial charge in [-0.25, -0.2) is 8.78 Å². The van der Waals surface area contributed by atoms with Crippen LogP contribution in [0.5, 0.6) is 0 Å². The van der Waals surface area contributed by atoms with Crippen LogP contribution in [0.1, 0.15) is 0 Å². The SMILES string of the molecule is Fc1cc(N=C=S)cc(Cl)c1F.